The van der Waals surface area contributed by atoms with E-state index in [-0.39, 0.29) is 6.03 Å². The van der Waals surface area contributed by atoms with Gasteiger partial charge in [-0.1, -0.05) is 41.9 Å². The summed E-state index contributed by atoms with van der Waals surface area (Å²) in [6, 6.07) is 17.5. The number of fused-ring (bicyclic) bond motifs is 1. The molecule has 9 heteroatoms. The zero-order valence-corrected chi connectivity index (χ0v) is 21.7. The molecule has 2 amide bonds. The molecule has 2 N–H and O–H groups in total. The zero-order valence-electron chi connectivity index (χ0n) is 19.3. The van der Waals surface area contributed by atoms with Crippen molar-refractivity contribution in [2.24, 2.45) is 5.92 Å². The summed E-state index contributed by atoms with van der Waals surface area (Å²) in [6.07, 6.45) is 3.76. The van der Waals surface area contributed by atoms with Gasteiger partial charge in [0.05, 0.1) is 16.4 Å². The summed E-state index contributed by atoms with van der Waals surface area (Å²) in [5.41, 5.74) is 4.30. The van der Waals surface area contributed by atoms with Gasteiger partial charge in [0.15, 0.2) is 5.65 Å². The number of nitrogens with zero attached hydrogens (tertiary/aromatic N) is 4. The lowest BCUT2D eigenvalue weighted by molar-refractivity contribution is 0.180. The standard InChI is InChI=1S/C26H26BrClN6O/c1-17-6-4-8-19(12-17)31-26(35)33-11-5-7-18(16-33)14-29-24-13-23(20-9-2-3-10-22(20)28)32-25-21(27)15-30-34(24)25/h2-4,6,8-10,12-13,15,18,29H,5,7,11,14,16H2,1H3,(H,31,35). The van der Waals surface area contributed by atoms with Crippen LogP contribution in [-0.2, 0) is 0 Å². The SMILES string of the molecule is Cc1cccc(NC(=O)N2CCCC(CNc3cc(-c4ccccc4Cl)nc4c(Br)cnn34)C2)c1. The molecule has 5 rings (SSSR count). The first-order chi connectivity index (χ1) is 17.0. The zero-order chi connectivity index (χ0) is 24.4. The average molecular weight is 554 g/mol. The molecule has 7 nitrogen and oxygen atoms in total. The number of halogens is 2. The third-order valence-corrected chi connectivity index (χ3v) is 7.11. The molecule has 0 aliphatic carbocycles. The van der Waals surface area contributed by atoms with Crippen LogP contribution in [0.3, 0.4) is 0 Å². The maximum atomic E-state index is 12.9. The predicted octanol–water partition coefficient (Wildman–Crippen LogP) is 6.48. The molecule has 0 bridgehead atoms. The molecule has 3 heterocycles. The first-order valence-electron chi connectivity index (χ1n) is 11.6. The van der Waals surface area contributed by atoms with Crippen LogP contribution in [0, 0.1) is 12.8 Å². The Bertz CT molecular complexity index is 1370. The van der Waals surface area contributed by atoms with Gasteiger partial charge in [0.1, 0.15) is 5.82 Å². The highest BCUT2D eigenvalue weighted by molar-refractivity contribution is 9.10. The molecule has 0 saturated carbocycles. The summed E-state index contributed by atoms with van der Waals surface area (Å²) in [4.78, 5) is 19.5. The number of amides is 2. The first-order valence-corrected chi connectivity index (χ1v) is 12.8. The lowest BCUT2D eigenvalue weighted by Gasteiger charge is -2.33. The summed E-state index contributed by atoms with van der Waals surface area (Å²) in [5, 5.41) is 11.7. The molecule has 180 valence electrons. The fraction of sp³-hybridized carbons (Fsp3) is 0.269. The Morgan fingerprint density at radius 2 is 2.06 bits per heavy atom. The Morgan fingerprint density at radius 3 is 2.89 bits per heavy atom. The van der Waals surface area contributed by atoms with E-state index in [2.05, 4.69) is 31.7 Å². The smallest absolute Gasteiger partial charge is 0.321 e. The second-order valence-corrected chi connectivity index (χ2v) is 10.1. The van der Waals surface area contributed by atoms with Crippen LogP contribution in [0.5, 0.6) is 0 Å². The number of piperidine rings is 1. The van der Waals surface area contributed by atoms with E-state index in [1.54, 1.807) is 10.7 Å². The highest BCUT2D eigenvalue weighted by Crippen LogP contribution is 2.30. The van der Waals surface area contributed by atoms with E-state index >= 15 is 0 Å². The number of likely N-dealkylation sites (tertiary alicyclic amines) is 1. The fourth-order valence-electron chi connectivity index (χ4n) is 4.46. The minimum Gasteiger partial charge on any atom is -0.370 e. The molecule has 1 unspecified atom stereocenters. The number of hydrogen-bond donors (Lipinski definition) is 2. The van der Waals surface area contributed by atoms with Gasteiger partial charge in [-0.25, -0.2) is 9.78 Å². The van der Waals surface area contributed by atoms with Gasteiger partial charge in [0.2, 0.25) is 0 Å². The molecular weight excluding hydrogens is 528 g/mol. The lowest BCUT2D eigenvalue weighted by Crippen LogP contribution is -2.44. The second-order valence-electron chi connectivity index (χ2n) is 8.87. The molecule has 2 aromatic heterocycles. The highest BCUT2D eigenvalue weighted by Gasteiger charge is 2.24. The van der Waals surface area contributed by atoms with Gasteiger partial charge in [-0.3, -0.25) is 0 Å². The minimum absolute atomic E-state index is 0.0522. The number of carbonyl (C=O) groups is 1. The Balaban J connectivity index is 1.31. The Hall–Kier alpha value is -3.10. The Kier molecular flexibility index (Phi) is 6.92. The molecule has 1 aliphatic heterocycles. The van der Waals surface area contributed by atoms with Crippen LogP contribution in [0.4, 0.5) is 16.3 Å². The number of nitrogens with one attached hydrogen (secondary N) is 2. The number of hydrogen-bond acceptors (Lipinski definition) is 4. The van der Waals surface area contributed by atoms with E-state index in [1.807, 2.05) is 66.4 Å². The van der Waals surface area contributed by atoms with Gasteiger partial charge in [0, 0.05) is 42.0 Å². The van der Waals surface area contributed by atoms with E-state index in [4.69, 9.17) is 16.6 Å². The molecule has 1 atom stereocenters. The molecule has 0 radical (unpaired) electrons. The van der Waals surface area contributed by atoms with Crippen LogP contribution in [-0.4, -0.2) is 45.2 Å². The first kappa shape index (κ1) is 23.6. The summed E-state index contributed by atoms with van der Waals surface area (Å²) in [6.45, 7) is 4.19. The molecule has 2 aromatic carbocycles. The van der Waals surface area contributed by atoms with Crippen LogP contribution in [0.1, 0.15) is 18.4 Å². The largest absolute Gasteiger partial charge is 0.370 e. The van der Waals surface area contributed by atoms with Crippen molar-refractivity contribution in [3.8, 4) is 11.3 Å². The van der Waals surface area contributed by atoms with Crippen molar-refractivity contribution < 1.29 is 4.79 Å². The van der Waals surface area contributed by atoms with E-state index in [0.29, 0.717) is 29.7 Å². The van der Waals surface area contributed by atoms with Crippen molar-refractivity contribution in [1.29, 1.82) is 0 Å². The number of rotatable bonds is 5. The monoisotopic (exact) mass is 552 g/mol. The van der Waals surface area contributed by atoms with Crippen molar-refractivity contribution in [3.63, 3.8) is 0 Å². The van der Waals surface area contributed by atoms with Gasteiger partial charge in [-0.15, -0.1) is 0 Å². The number of urea groups is 1. The topological polar surface area (TPSA) is 74.6 Å². The van der Waals surface area contributed by atoms with Crippen LogP contribution in [0.15, 0.2) is 65.3 Å². The van der Waals surface area contributed by atoms with Crippen LogP contribution in [0.25, 0.3) is 16.9 Å². The van der Waals surface area contributed by atoms with E-state index in [1.165, 1.54) is 0 Å². The van der Waals surface area contributed by atoms with Crippen molar-refractivity contribution in [1.82, 2.24) is 19.5 Å². The van der Waals surface area contributed by atoms with Gasteiger partial charge >= 0.3 is 6.03 Å². The van der Waals surface area contributed by atoms with Crippen LogP contribution in [0.2, 0.25) is 5.02 Å². The molecule has 1 aliphatic rings. The van der Waals surface area contributed by atoms with E-state index in [0.717, 1.165) is 52.2 Å². The number of aromatic nitrogens is 3. The molecule has 1 fully saturated rings. The molecule has 35 heavy (non-hydrogen) atoms. The van der Waals surface area contributed by atoms with E-state index < -0.39 is 0 Å². The summed E-state index contributed by atoms with van der Waals surface area (Å²) < 4.78 is 2.60. The highest BCUT2D eigenvalue weighted by atomic mass is 79.9. The summed E-state index contributed by atoms with van der Waals surface area (Å²) in [7, 11) is 0. The fourth-order valence-corrected chi connectivity index (χ4v) is 5.04. The molecule has 1 saturated heterocycles. The van der Waals surface area contributed by atoms with Gasteiger partial charge in [0.25, 0.3) is 0 Å². The van der Waals surface area contributed by atoms with Crippen molar-refractivity contribution in [2.75, 3.05) is 30.3 Å². The van der Waals surface area contributed by atoms with Crippen LogP contribution < -0.4 is 10.6 Å². The normalized spacial score (nSPS) is 15.9. The van der Waals surface area contributed by atoms with Gasteiger partial charge in [-0.05, 0) is 65.4 Å². The summed E-state index contributed by atoms with van der Waals surface area (Å²) in [5.74, 6) is 1.15. The van der Waals surface area contributed by atoms with E-state index in [9.17, 15) is 4.79 Å². The molecular formula is C26H26BrClN6O. The van der Waals surface area contributed by atoms with Crippen molar-refractivity contribution >= 4 is 50.7 Å². The Morgan fingerprint density at radius 1 is 1.20 bits per heavy atom. The number of anilines is 2. The number of aryl methyl sites for hydroxylation is 1. The number of benzene rings is 2. The van der Waals surface area contributed by atoms with Crippen LogP contribution >= 0.6 is 27.5 Å². The van der Waals surface area contributed by atoms with Gasteiger partial charge in [-0.2, -0.15) is 9.61 Å². The number of carbonyl (C=O) groups excluding carboxylic acids is 1. The third kappa shape index (κ3) is 5.28. The average Bonchev–Trinajstić information content (AvgIpc) is 3.24. The van der Waals surface area contributed by atoms with Gasteiger partial charge < -0.3 is 15.5 Å². The maximum Gasteiger partial charge on any atom is 0.321 e. The van der Waals surface area contributed by atoms with Crippen molar-refractivity contribution in [2.45, 2.75) is 19.8 Å². The molecule has 0 spiro atoms. The third-order valence-electron chi connectivity index (χ3n) is 6.23. The lowest BCUT2D eigenvalue weighted by atomic mass is 9.98. The quantitative estimate of drug-likeness (QED) is 0.297. The second kappa shape index (κ2) is 10.3. The minimum atomic E-state index is -0.0522. The molecule has 4 aromatic rings. The maximum absolute atomic E-state index is 12.9. The Labute approximate surface area is 217 Å². The van der Waals surface area contributed by atoms with Crippen molar-refractivity contribution in [3.05, 3.63) is 75.9 Å². The summed E-state index contributed by atoms with van der Waals surface area (Å²) >= 11 is 10.0. The predicted molar refractivity (Wildman–Crippen MR) is 144 cm³/mol.